The zero-order valence-corrected chi connectivity index (χ0v) is 13.0. The summed E-state index contributed by atoms with van der Waals surface area (Å²) in [7, 11) is 0. The van der Waals surface area contributed by atoms with E-state index in [9.17, 15) is 0 Å². The van der Waals surface area contributed by atoms with Crippen molar-refractivity contribution in [3.05, 3.63) is 23.9 Å². The Morgan fingerprint density at radius 3 is 2.47 bits per heavy atom. The van der Waals surface area contributed by atoms with Crippen LogP contribution in [0.1, 0.15) is 59.4 Å². The smallest absolute Gasteiger partial charge is 0.126 e. The summed E-state index contributed by atoms with van der Waals surface area (Å²) in [5, 5.41) is 3.62. The molecule has 0 aliphatic heterocycles. The van der Waals surface area contributed by atoms with Crippen molar-refractivity contribution < 1.29 is 0 Å². The van der Waals surface area contributed by atoms with E-state index in [1.807, 2.05) is 6.20 Å². The summed E-state index contributed by atoms with van der Waals surface area (Å²) in [5.41, 5.74) is 1.48. The molecule has 1 aliphatic rings. The Hall–Kier alpha value is -1.05. The maximum absolute atomic E-state index is 4.58. The van der Waals surface area contributed by atoms with Gasteiger partial charge in [-0.3, -0.25) is 0 Å². The van der Waals surface area contributed by atoms with Crippen molar-refractivity contribution in [1.82, 2.24) is 4.98 Å². The molecule has 0 spiro atoms. The van der Waals surface area contributed by atoms with Crippen LogP contribution in [0.4, 0.5) is 5.82 Å². The van der Waals surface area contributed by atoms with Gasteiger partial charge in [-0.25, -0.2) is 4.98 Å². The fourth-order valence-electron chi connectivity index (χ4n) is 3.14. The minimum Gasteiger partial charge on any atom is -0.367 e. The lowest BCUT2D eigenvalue weighted by atomic mass is 9.88. The quantitative estimate of drug-likeness (QED) is 0.858. The number of nitrogens with one attached hydrogen (secondary N) is 1. The first-order valence-corrected chi connectivity index (χ1v) is 7.65. The second kappa shape index (κ2) is 5.52. The monoisotopic (exact) mass is 260 g/mol. The van der Waals surface area contributed by atoms with E-state index in [0.29, 0.717) is 6.04 Å². The molecule has 0 bridgehead atoms. The molecule has 19 heavy (non-hydrogen) atoms. The van der Waals surface area contributed by atoms with Gasteiger partial charge in [-0.15, -0.1) is 0 Å². The summed E-state index contributed by atoms with van der Waals surface area (Å²) in [5.74, 6) is 2.67. The maximum Gasteiger partial charge on any atom is 0.126 e. The van der Waals surface area contributed by atoms with Crippen LogP contribution < -0.4 is 5.32 Å². The summed E-state index contributed by atoms with van der Waals surface area (Å²) in [4.78, 5) is 4.58. The molecular weight excluding hydrogens is 232 g/mol. The Bertz CT molecular complexity index is 402. The van der Waals surface area contributed by atoms with Crippen LogP contribution in [0.2, 0.25) is 0 Å². The van der Waals surface area contributed by atoms with E-state index in [0.717, 1.165) is 17.7 Å². The molecule has 3 atom stereocenters. The second-order valence-electron chi connectivity index (χ2n) is 7.04. The van der Waals surface area contributed by atoms with Crippen LogP contribution in [0.25, 0.3) is 0 Å². The Morgan fingerprint density at radius 2 is 2.00 bits per heavy atom. The van der Waals surface area contributed by atoms with Crippen LogP contribution in [0.3, 0.4) is 0 Å². The molecule has 1 fully saturated rings. The predicted octanol–water partition coefficient (Wildman–Crippen LogP) is 4.62. The van der Waals surface area contributed by atoms with Crippen LogP contribution in [-0.2, 0) is 5.41 Å². The van der Waals surface area contributed by atoms with Gasteiger partial charge in [-0.2, -0.15) is 0 Å². The number of hydrogen-bond acceptors (Lipinski definition) is 2. The summed E-state index contributed by atoms with van der Waals surface area (Å²) in [6.07, 6.45) is 5.95. The Balaban J connectivity index is 2.01. The number of anilines is 1. The van der Waals surface area contributed by atoms with Gasteiger partial charge in [0.25, 0.3) is 0 Å². The van der Waals surface area contributed by atoms with Crippen LogP contribution in [0, 0.1) is 11.8 Å². The van der Waals surface area contributed by atoms with Gasteiger partial charge in [-0.05, 0) is 41.7 Å². The first-order valence-electron chi connectivity index (χ1n) is 7.65. The van der Waals surface area contributed by atoms with Crippen molar-refractivity contribution in [3.8, 4) is 0 Å². The summed E-state index contributed by atoms with van der Waals surface area (Å²) in [6, 6.07) is 4.93. The number of hydrogen-bond donors (Lipinski definition) is 1. The molecule has 0 amide bonds. The van der Waals surface area contributed by atoms with Crippen molar-refractivity contribution in [1.29, 1.82) is 0 Å². The van der Waals surface area contributed by atoms with Gasteiger partial charge in [0.1, 0.15) is 5.82 Å². The van der Waals surface area contributed by atoms with E-state index in [2.05, 4.69) is 57.1 Å². The highest BCUT2D eigenvalue weighted by atomic mass is 15.0. The van der Waals surface area contributed by atoms with Gasteiger partial charge in [-0.1, -0.05) is 47.1 Å². The zero-order chi connectivity index (χ0) is 14.0. The average molecular weight is 260 g/mol. The molecule has 1 aliphatic carbocycles. The van der Waals surface area contributed by atoms with Crippen LogP contribution in [0.15, 0.2) is 18.3 Å². The molecule has 1 saturated carbocycles. The van der Waals surface area contributed by atoms with Gasteiger partial charge in [0.05, 0.1) is 0 Å². The number of aromatic nitrogens is 1. The molecule has 1 aromatic heterocycles. The first kappa shape index (κ1) is 14.4. The first-order chi connectivity index (χ1) is 8.91. The van der Waals surface area contributed by atoms with Crippen molar-refractivity contribution >= 4 is 5.82 Å². The van der Waals surface area contributed by atoms with E-state index >= 15 is 0 Å². The Kier molecular flexibility index (Phi) is 4.17. The normalized spacial score (nSPS) is 27.5. The molecule has 0 aromatic carbocycles. The molecule has 1 N–H and O–H groups in total. The third-order valence-electron chi connectivity index (χ3n) is 4.71. The summed E-state index contributed by atoms with van der Waals surface area (Å²) >= 11 is 0. The van der Waals surface area contributed by atoms with Gasteiger partial charge in [0.15, 0.2) is 0 Å². The third-order valence-corrected chi connectivity index (χ3v) is 4.71. The maximum atomic E-state index is 4.58. The largest absolute Gasteiger partial charge is 0.367 e. The highest BCUT2D eigenvalue weighted by Crippen LogP contribution is 2.35. The van der Waals surface area contributed by atoms with Crippen LogP contribution >= 0.6 is 0 Å². The van der Waals surface area contributed by atoms with Gasteiger partial charge in [0.2, 0.25) is 0 Å². The standard InChI is InChI=1S/C17H28N2/c1-6-13-7-9-15(12(13)2)19-16-10-8-14(11-18-16)17(3,4)5/h8,10-13,15H,6-7,9H2,1-5H3,(H,18,19). The summed E-state index contributed by atoms with van der Waals surface area (Å²) < 4.78 is 0. The van der Waals surface area contributed by atoms with E-state index in [-0.39, 0.29) is 5.41 Å². The van der Waals surface area contributed by atoms with Crippen LogP contribution in [0.5, 0.6) is 0 Å². The SMILES string of the molecule is CCC1CCC(Nc2ccc(C(C)(C)C)cn2)C1C. The fourth-order valence-corrected chi connectivity index (χ4v) is 3.14. The van der Waals surface area contributed by atoms with Crippen molar-refractivity contribution in [3.63, 3.8) is 0 Å². The molecule has 3 unspecified atom stereocenters. The highest BCUT2D eigenvalue weighted by Gasteiger charge is 2.31. The van der Waals surface area contributed by atoms with E-state index < -0.39 is 0 Å². The lowest BCUT2D eigenvalue weighted by Gasteiger charge is -2.22. The predicted molar refractivity (Wildman–Crippen MR) is 82.5 cm³/mol. The highest BCUT2D eigenvalue weighted by molar-refractivity contribution is 5.38. The molecule has 1 heterocycles. The van der Waals surface area contributed by atoms with Gasteiger partial charge in [0, 0.05) is 12.2 Å². The second-order valence-corrected chi connectivity index (χ2v) is 7.04. The lowest BCUT2D eigenvalue weighted by molar-refractivity contribution is 0.391. The Labute approximate surface area is 118 Å². The molecule has 2 nitrogen and oxygen atoms in total. The van der Waals surface area contributed by atoms with Crippen LogP contribution in [-0.4, -0.2) is 11.0 Å². The molecular formula is C17H28N2. The molecule has 0 saturated heterocycles. The lowest BCUT2D eigenvalue weighted by Crippen LogP contribution is -2.25. The third kappa shape index (κ3) is 3.29. The molecule has 0 radical (unpaired) electrons. The van der Waals surface area contributed by atoms with Gasteiger partial charge < -0.3 is 5.32 Å². The van der Waals surface area contributed by atoms with E-state index in [1.54, 1.807) is 0 Å². The zero-order valence-electron chi connectivity index (χ0n) is 13.0. The van der Waals surface area contributed by atoms with E-state index in [1.165, 1.54) is 24.8 Å². The minimum atomic E-state index is 0.180. The molecule has 2 heteroatoms. The van der Waals surface area contributed by atoms with E-state index in [4.69, 9.17) is 0 Å². The minimum absolute atomic E-state index is 0.180. The average Bonchev–Trinajstić information content (AvgIpc) is 2.70. The van der Waals surface area contributed by atoms with Gasteiger partial charge >= 0.3 is 0 Å². The summed E-state index contributed by atoms with van der Waals surface area (Å²) in [6.45, 7) is 11.4. The van der Waals surface area contributed by atoms with Crippen molar-refractivity contribution in [2.75, 3.05) is 5.32 Å². The van der Waals surface area contributed by atoms with Crippen molar-refractivity contribution in [2.24, 2.45) is 11.8 Å². The Morgan fingerprint density at radius 1 is 1.26 bits per heavy atom. The topological polar surface area (TPSA) is 24.9 Å². The molecule has 106 valence electrons. The van der Waals surface area contributed by atoms with Crippen molar-refractivity contribution in [2.45, 2.75) is 65.3 Å². The number of nitrogens with zero attached hydrogens (tertiary/aromatic N) is 1. The fraction of sp³-hybridized carbons (Fsp3) is 0.706. The molecule has 2 rings (SSSR count). The number of pyridine rings is 1. The molecule has 1 aromatic rings. The number of rotatable bonds is 3.